The highest BCUT2D eigenvalue weighted by molar-refractivity contribution is 5.46. The van der Waals surface area contributed by atoms with Gasteiger partial charge in [0, 0.05) is 6.42 Å². The predicted molar refractivity (Wildman–Crippen MR) is 100 cm³/mol. The second kappa shape index (κ2) is 9.21. The summed E-state index contributed by atoms with van der Waals surface area (Å²) in [7, 11) is 0. The summed E-state index contributed by atoms with van der Waals surface area (Å²) in [4.78, 5) is 0. The maximum Gasteiger partial charge on any atom is 0.125 e. The van der Waals surface area contributed by atoms with Crippen molar-refractivity contribution in [3.8, 4) is 23.0 Å². The van der Waals surface area contributed by atoms with Gasteiger partial charge in [0.15, 0.2) is 0 Å². The van der Waals surface area contributed by atoms with E-state index in [4.69, 9.17) is 14.2 Å². The van der Waals surface area contributed by atoms with Crippen LogP contribution in [0.5, 0.6) is 23.0 Å². The molecule has 25 heavy (non-hydrogen) atoms. The molecule has 0 fully saturated rings. The van der Waals surface area contributed by atoms with Crippen molar-refractivity contribution in [2.24, 2.45) is 0 Å². The lowest BCUT2D eigenvalue weighted by Gasteiger charge is -2.14. The van der Waals surface area contributed by atoms with Crippen LogP contribution in [0.25, 0.3) is 0 Å². The molecule has 0 spiro atoms. The van der Waals surface area contributed by atoms with E-state index in [1.54, 1.807) is 12.1 Å². The molecule has 2 aromatic rings. The molecule has 0 bridgehead atoms. The van der Waals surface area contributed by atoms with Crippen LogP contribution in [0.4, 0.5) is 0 Å². The zero-order chi connectivity index (χ0) is 18.2. The Morgan fingerprint density at radius 3 is 2.24 bits per heavy atom. The van der Waals surface area contributed by atoms with Crippen molar-refractivity contribution >= 4 is 0 Å². The smallest absolute Gasteiger partial charge is 0.125 e. The van der Waals surface area contributed by atoms with Gasteiger partial charge < -0.3 is 19.3 Å². The van der Waals surface area contributed by atoms with Crippen LogP contribution in [-0.4, -0.2) is 24.4 Å². The van der Waals surface area contributed by atoms with Crippen molar-refractivity contribution in [3.63, 3.8) is 0 Å². The Kier molecular flexibility index (Phi) is 6.99. The molecule has 0 aliphatic heterocycles. The van der Waals surface area contributed by atoms with Crippen LogP contribution < -0.4 is 14.2 Å². The summed E-state index contributed by atoms with van der Waals surface area (Å²) >= 11 is 0. The Balaban J connectivity index is 1.77. The molecule has 0 aliphatic carbocycles. The Morgan fingerprint density at radius 2 is 1.60 bits per heavy atom. The van der Waals surface area contributed by atoms with E-state index < -0.39 is 0 Å². The molecular formula is C21H28O4. The minimum absolute atomic E-state index is 0.167. The topological polar surface area (TPSA) is 47.9 Å². The van der Waals surface area contributed by atoms with E-state index in [-0.39, 0.29) is 11.9 Å². The van der Waals surface area contributed by atoms with Crippen molar-refractivity contribution in [2.45, 2.75) is 46.6 Å². The molecule has 0 heterocycles. The predicted octanol–water partition coefficient (Wildman–Crippen LogP) is 4.90. The van der Waals surface area contributed by atoms with E-state index in [9.17, 15) is 5.11 Å². The summed E-state index contributed by atoms with van der Waals surface area (Å²) in [5.41, 5.74) is 1.98. The van der Waals surface area contributed by atoms with Crippen LogP contribution in [0.3, 0.4) is 0 Å². The van der Waals surface area contributed by atoms with Gasteiger partial charge in [-0.15, -0.1) is 0 Å². The van der Waals surface area contributed by atoms with E-state index in [2.05, 4.69) is 6.92 Å². The fourth-order valence-electron chi connectivity index (χ4n) is 2.61. The molecule has 2 rings (SSSR count). The van der Waals surface area contributed by atoms with Gasteiger partial charge in [0.25, 0.3) is 0 Å². The third-order valence-electron chi connectivity index (χ3n) is 3.72. The van der Waals surface area contributed by atoms with Crippen LogP contribution in [0.1, 0.15) is 38.3 Å². The van der Waals surface area contributed by atoms with Crippen molar-refractivity contribution < 1.29 is 19.3 Å². The number of phenolic OH excluding ortho intramolecular Hbond substituents is 1. The Hall–Kier alpha value is -2.36. The van der Waals surface area contributed by atoms with Crippen molar-refractivity contribution in [1.82, 2.24) is 0 Å². The van der Waals surface area contributed by atoms with Crippen LogP contribution in [-0.2, 0) is 6.42 Å². The van der Waals surface area contributed by atoms with E-state index >= 15 is 0 Å². The van der Waals surface area contributed by atoms with E-state index in [0.717, 1.165) is 41.2 Å². The Morgan fingerprint density at radius 1 is 0.960 bits per heavy atom. The van der Waals surface area contributed by atoms with Gasteiger partial charge in [-0.3, -0.25) is 0 Å². The third kappa shape index (κ3) is 5.89. The highest BCUT2D eigenvalue weighted by Gasteiger charge is 2.08. The van der Waals surface area contributed by atoms with Crippen molar-refractivity contribution in [2.75, 3.05) is 13.2 Å². The number of ether oxygens (including phenoxy) is 3. The molecule has 4 heteroatoms. The Bertz CT molecular complexity index is 662. The van der Waals surface area contributed by atoms with Crippen LogP contribution in [0.2, 0.25) is 0 Å². The lowest BCUT2D eigenvalue weighted by Crippen LogP contribution is -2.07. The second-order valence-electron chi connectivity index (χ2n) is 6.29. The first-order valence-corrected chi connectivity index (χ1v) is 8.84. The molecule has 0 unspecified atom stereocenters. The number of hydrogen-bond acceptors (Lipinski definition) is 4. The minimum atomic E-state index is 0.167. The molecule has 0 amide bonds. The maximum atomic E-state index is 9.67. The van der Waals surface area contributed by atoms with Gasteiger partial charge in [-0.05, 0) is 74.7 Å². The first-order chi connectivity index (χ1) is 12.0. The van der Waals surface area contributed by atoms with Crippen LogP contribution in [0.15, 0.2) is 36.4 Å². The highest BCUT2D eigenvalue weighted by atomic mass is 16.5. The van der Waals surface area contributed by atoms with Gasteiger partial charge in [0.2, 0.25) is 0 Å². The fourth-order valence-corrected chi connectivity index (χ4v) is 2.61. The Labute approximate surface area is 150 Å². The molecule has 0 aliphatic rings. The largest absolute Gasteiger partial charge is 0.508 e. The van der Waals surface area contributed by atoms with Gasteiger partial charge in [0.05, 0.1) is 19.3 Å². The minimum Gasteiger partial charge on any atom is -0.508 e. The summed E-state index contributed by atoms with van der Waals surface area (Å²) in [6.45, 7) is 9.17. The number of aromatic hydroxyl groups is 1. The monoisotopic (exact) mass is 344 g/mol. The SMILES string of the molecule is CCc1cc(O)cc(C)c1OCCCOc1ccc(OC(C)C)cc1. The van der Waals surface area contributed by atoms with Crippen LogP contribution in [0, 0.1) is 6.92 Å². The van der Waals surface area contributed by atoms with E-state index in [1.165, 1.54) is 0 Å². The molecule has 0 radical (unpaired) electrons. The standard InChI is InChI=1S/C21H28O4/c1-5-17-14-18(22)13-16(4)21(17)24-12-6-11-23-19-7-9-20(10-8-19)25-15(2)3/h7-10,13-15,22H,5-6,11-12H2,1-4H3. The van der Waals surface area contributed by atoms with Crippen molar-refractivity contribution in [1.29, 1.82) is 0 Å². The molecular weight excluding hydrogens is 316 g/mol. The number of benzene rings is 2. The molecule has 136 valence electrons. The summed E-state index contributed by atoms with van der Waals surface area (Å²) in [6.07, 6.45) is 1.78. The summed E-state index contributed by atoms with van der Waals surface area (Å²) in [5.74, 6) is 2.83. The average molecular weight is 344 g/mol. The lowest BCUT2D eigenvalue weighted by atomic mass is 10.1. The fraction of sp³-hybridized carbons (Fsp3) is 0.429. The zero-order valence-electron chi connectivity index (χ0n) is 15.5. The molecule has 1 N–H and O–H groups in total. The second-order valence-corrected chi connectivity index (χ2v) is 6.29. The van der Waals surface area contributed by atoms with E-state index in [1.807, 2.05) is 45.0 Å². The normalized spacial score (nSPS) is 10.8. The lowest BCUT2D eigenvalue weighted by molar-refractivity contribution is 0.238. The molecule has 0 aromatic heterocycles. The first kappa shape index (κ1) is 19.0. The summed E-state index contributed by atoms with van der Waals surface area (Å²) in [6, 6.07) is 11.2. The summed E-state index contributed by atoms with van der Waals surface area (Å²) < 4.78 is 17.2. The van der Waals surface area contributed by atoms with Gasteiger partial charge in [-0.25, -0.2) is 0 Å². The molecule has 0 atom stereocenters. The third-order valence-corrected chi connectivity index (χ3v) is 3.72. The van der Waals surface area contributed by atoms with Crippen LogP contribution >= 0.6 is 0 Å². The highest BCUT2D eigenvalue weighted by Crippen LogP contribution is 2.29. The van der Waals surface area contributed by atoms with Gasteiger partial charge in [-0.2, -0.15) is 0 Å². The van der Waals surface area contributed by atoms with E-state index in [0.29, 0.717) is 13.2 Å². The molecule has 4 nitrogen and oxygen atoms in total. The average Bonchev–Trinajstić information content (AvgIpc) is 2.56. The first-order valence-electron chi connectivity index (χ1n) is 8.84. The van der Waals surface area contributed by atoms with Crippen molar-refractivity contribution in [3.05, 3.63) is 47.5 Å². The number of aryl methyl sites for hydroxylation is 2. The van der Waals surface area contributed by atoms with Gasteiger partial charge >= 0.3 is 0 Å². The number of rotatable bonds is 9. The molecule has 0 saturated carbocycles. The maximum absolute atomic E-state index is 9.67. The number of phenols is 1. The summed E-state index contributed by atoms with van der Waals surface area (Å²) in [5, 5.41) is 9.67. The molecule has 2 aromatic carbocycles. The number of hydrogen-bond donors (Lipinski definition) is 1. The van der Waals surface area contributed by atoms with Gasteiger partial charge in [-0.1, -0.05) is 6.92 Å². The zero-order valence-corrected chi connectivity index (χ0v) is 15.5. The molecule has 0 saturated heterocycles. The van der Waals surface area contributed by atoms with Gasteiger partial charge in [0.1, 0.15) is 23.0 Å². The quantitative estimate of drug-likeness (QED) is 0.657.